The predicted octanol–water partition coefficient (Wildman–Crippen LogP) is 3.56. The van der Waals surface area contributed by atoms with Crippen LogP contribution in [0.15, 0.2) is 53.0 Å². The Morgan fingerprint density at radius 1 is 1.15 bits per heavy atom. The maximum Gasteiger partial charge on any atom is 0.242 e. The molecule has 8 nitrogen and oxygen atoms in total. The van der Waals surface area contributed by atoms with E-state index in [9.17, 15) is 18.0 Å². The first-order valence-corrected chi connectivity index (χ1v) is 13.6. The monoisotopic (exact) mass is 553 g/mol. The Morgan fingerprint density at radius 3 is 2.47 bits per heavy atom. The third-order valence-corrected chi connectivity index (χ3v) is 6.94. The molecule has 0 fully saturated rings. The van der Waals surface area contributed by atoms with Crippen LogP contribution in [0.5, 0.6) is 5.75 Å². The number of ether oxygens (including phenoxy) is 1. The molecular weight excluding hydrogens is 522 g/mol. The van der Waals surface area contributed by atoms with Gasteiger partial charge < -0.3 is 15.0 Å². The van der Waals surface area contributed by atoms with Gasteiger partial charge in [-0.15, -0.1) is 0 Å². The van der Waals surface area contributed by atoms with Crippen LogP contribution in [0.3, 0.4) is 0 Å². The quantitative estimate of drug-likeness (QED) is 0.433. The van der Waals surface area contributed by atoms with Crippen molar-refractivity contribution >= 4 is 43.5 Å². The zero-order valence-corrected chi connectivity index (χ0v) is 22.4. The number of rotatable bonds is 12. The van der Waals surface area contributed by atoms with Crippen molar-refractivity contribution in [1.29, 1.82) is 0 Å². The van der Waals surface area contributed by atoms with Crippen LogP contribution in [0.1, 0.15) is 32.3 Å². The topological polar surface area (TPSA) is 96.0 Å². The van der Waals surface area contributed by atoms with Crippen LogP contribution in [0, 0.1) is 0 Å². The molecular formula is C24H32BrN3O5S. The fourth-order valence-corrected chi connectivity index (χ4v) is 4.91. The Labute approximate surface area is 210 Å². The summed E-state index contributed by atoms with van der Waals surface area (Å²) in [6, 6.07) is 13.7. The van der Waals surface area contributed by atoms with Gasteiger partial charge in [-0.3, -0.25) is 13.9 Å². The number of amides is 2. The van der Waals surface area contributed by atoms with Crippen molar-refractivity contribution in [3.05, 3.63) is 58.6 Å². The highest BCUT2D eigenvalue weighted by Crippen LogP contribution is 2.24. The molecule has 0 aliphatic rings. The molecule has 2 amide bonds. The van der Waals surface area contributed by atoms with Crippen LogP contribution in [0.2, 0.25) is 0 Å². The zero-order chi connectivity index (χ0) is 25.3. The minimum atomic E-state index is -3.57. The van der Waals surface area contributed by atoms with Crippen molar-refractivity contribution in [3.63, 3.8) is 0 Å². The summed E-state index contributed by atoms with van der Waals surface area (Å²) < 4.78 is 32.2. The number of methoxy groups -OCH3 is 1. The average Bonchev–Trinajstić information content (AvgIpc) is 2.79. The van der Waals surface area contributed by atoms with Crippen LogP contribution in [0.25, 0.3) is 0 Å². The number of sulfonamides is 1. The molecule has 1 atom stereocenters. The number of halogens is 1. The SMILES string of the molecule is CCNC(=O)C(C)N(Cc1cccc(Br)c1)C(=O)CCCN(c1cccc(OC)c1)S(C)(=O)=O. The van der Waals surface area contributed by atoms with E-state index in [2.05, 4.69) is 21.2 Å². The summed E-state index contributed by atoms with van der Waals surface area (Å²) in [5.74, 6) is 0.0796. The molecule has 2 aromatic carbocycles. The van der Waals surface area contributed by atoms with Gasteiger partial charge in [0.05, 0.1) is 19.1 Å². The second-order valence-electron chi connectivity index (χ2n) is 7.86. The molecule has 0 aromatic heterocycles. The van der Waals surface area contributed by atoms with Gasteiger partial charge in [-0.2, -0.15) is 0 Å². The van der Waals surface area contributed by atoms with Gasteiger partial charge in [0, 0.05) is 36.6 Å². The molecule has 1 N–H and O–H groups in total. The van der Waals surface area contributed by atoms with Gasteiger partial charge in [-0.05, 0) is 50.1 Å². The Kier molecular flexibility index (Phi) is 10.4. The van der Waals surface area contributed by atoms with Crippen molar-refractivity contribution in [1.82, 2.24) is 10.2 Å². The van der Waals surface area contributed by atoms with Gasteiger partial charge >= 0.3 is 0 Å². The molecule has 34 heavy (non-hydrogen) atoms. The normalized spacial score (nSPS) is 12.0. The number of nitrogens with zero attached hydrogens (tertiary/aromatic N) is 2. The summed E-state index contributed by atoms with van der Waals surface area (Å²) in [5.41, 5.74) is 1.35. The van der Waals surface area contributed by atoms with Gasteiger partial charge in [-0.25, -0.2) is 8.42 Å². The largest absolute Gasteiger partial charge is 0.497 e. The van der Waals surface area contributed by atoms with Crippen molar-refractivity contribution in [3.8, 4) is 5.75 Å². The number of anilines is 1. The standard InChI is InChI=1S/C24H32BrN3O5S/c1-5-26-24(30)18(2)27(17-19-9-6-10-20(25)15-19)23(29)13-8-14-28(34(4,31)32)21-11-7-12-22(16-21)33-3/h6-7,9-12,15-16,18H,5,8,13-14,17H2,1-4H3,(H,26,30). The van der Waals surface area contributed by atoms with Crippen LogP contribution in [-0.2, 0) is 26.2 Å². The fourth-order valence-electron chi connectivity index (χ4n) is 3.51. The molecule has 1 unspecified atom stereocenters. The summed E-state index contributed by atoms with van der Waals surface area (Å²) in [5, 5.41) is 2.76. The summed E-state index contributed by atoms with van der Waals surface area (Å²) in [4.78, 5) is 27.2. The number of carbonyl (C=O) groups excluding carboxylic acids is 2. The molecule has 186 valence electrons. The maximum atomic E-state index is 13.2. The molecule has 0 saturated carbocycles. The summed E-state index contributed by atoms with van der Waals surface area (Å²) in [6.45, 7) is 4.37. The molecule has 0 radical (unpaired) electrons. The number of hydrogen-bond donors (Lipinski definition) is 1. The number of likely N-dealkylation sites (N-methyl/N-ethyl adjacent to an activating group) is 1. The molecule has 0 aliphatic heterocycles. The lowest BCUT2D eigenvalue weighted by atomic mass is 10.1. The Hall–Kier alpha value is -2.59. The lowest BCUT2D eigenvalue weighted by molar-refractivity contribution is -0.140. The van der Waals surface area contributed by atoms with Gasteiger partial charge in [0.1, 0.15) is 11.8 Å². The first-order valence-electron chi connectivity index (χ1n) is 11.0. The van der Waals surface area contributed by atoms with Gasteiger partial charge in [0.2, 0.25) is 21.8 Å². The molecule has 0 spiro atoms. The van der Waals surface area contributed by atoms with Gasteiger partial charge in [-0.1, -0.05) is 34.1 Å². The Morgan fingerprint density at radius 2 is 1.85 bits per heavy atom. The van der Waals surface area contributed by atoms with E-state index in [0.29, 0.717) is 24.4 Å². The highest BCUT2D eigenvalue weighted by atomic mass is 79.9. The summed E-state index contributed by atoms with van der Waals surface area (Å²) >= 11 is 3.43. The first kappa shape index (κ1) is 27.7. The van der Waals surface area contributed by atoms with Gasteiger partial charge in [0.25, 0.3) is 0 Å². The van der Waals surface area contributed by atoms with E-state index >= 15 is 0 Å². The van der Waals surface area contributed by atoms with Crippen molar-refractivity contribution < 1.29 is 22.7 Å². The van der Waals surface area contributed by atoms with Crippen LogP contribution < -0.4 is 14.4 Å². The molecule has 2 aromatic rings. The number of nitrogens with one attached hydrogen (secondary N) is 1. The smallest absolute Gasteiger partial charge is 0.242 e. The Balaban J connectivity index is 2.16. The lowest BCUT2D eigenvalue weighted by Gasteiger charge is -2.29. The molecule has 10 heteroatoms. The van der Waals surface area contributed by atoms with E-state index in [-0.39, 0.29) is 31.3 Å². The summed E-state index contributed by atoms with van der Waals surface area (Å²) in [6.07, 6.45) is 1.51. The van der Waals surface area contributed by atoms with E-state index in [1.807, 2.05) is 31.2 Å². The highest BCUT2D eigenvalue weighted by molar-refractivity contribution is 9.10. The van der Waals surface area contributed by atoms with Crippen molar-refractivity contribution in [2.24, 2.45) is 0 Å². The highest BCUT2D eigenvalue weighted by Gasteiger charge is 2.26. The maximum absolute atomic E-state index is 13.2. The van der Waals surface area contributed by atoms with Crippen molar-refractivity contribution in [2.75, 3.05) is 30.8 Å². The fraction of sp³-hybridized carbons (Fsp3) is 0.417. The number of benzene rings is 2. The van der Waals surface area contributed by atoms with E-state index in [4.69, 9.17) is 4.74 Å². The number of hydrogen-bond acceptors (Lipinski definition) is 5. The third kappa shape index (κ3) is 8.02. The molecule has 0 saturated heterocycles. The summed E-state index contributed by atoms with van der Waals surface area (Å²) in [7, 11) is -2.06. The second-order valence-corrected chi connectivity index (χ2v) is 10.7. The van der Waals surface area contributed by atoms with Crippen LogP contribution in [0.4, 0.5) is 5.69 Å². The van der Waals surface area contributed by atoms with E-state index in [0.717, 1.165) is 16.3 Å². The van der Waals surface area contributed by atoms with Crippen molar-refractivity contribution in [2.45, 2.75) is 39.3 Å². The molecule has 0 aliphatic carbocycles. The van der Waals surface area contributed by atoms with Crippen LogP contribution in [-0.4, -0.2) is 57.6 Å². The van der Waals surface area contributed by atoms with E-state index < -0.39 is 16.1 Å². The molecule has 0 heterocycles. The predicted molar refractivity (Wildman–Crippen MR) is 137 cm³/mol. The van der Waals surface area contributed by atoms with Gasteiger partial charge in [0.15, 0.2) is 0 Å². The lowest BCUT2D eigenvalue weighted by Crippen LogP contribution is -2.47. The van der Waals surface area contributed by atoms with E-state index in [1.165, 1.54) is 16.3 Å². The Bertz CT molecular complexity index is 1090. The number of carbonyl (C=O) groups is 2. The first-order chi connectivity index (χ1) is 16.1. The minimum Gasteiger partial charge on any atom is -0.497 e. The zero-order valence-electron chi connectivity index (χ0n) is 20.0. The average molecular weight is 555 g/mol. The molecule has 2 rings (SSSR count). The van der Waals surface area contributed by atoms with E-state index in [1.54, 1.807) is 31.2 Å². The second kappa shape index (κ2) is 12.8. The van der Waals surface area contributed by atoms with Crippen LogP contribution >= 0.6 is 15.9 Å². The minimum absolute atomic E-state index is 0.0910. The third-order valence-electron chi connectivity index (χ3n) is 5.25. The molecule has 0 bridgehead atoms.